The lowest BCUT2D eigenvalue weighted by atomic mass is 9.98. The van der Waals surface area contributed by atoms with E-state index in [-0.39, 0.29) is 0 Å². The Balaban J connectivity index is 1.11. The van der Waals surface area contributed by atoms with Gasteiger partial charge in [0.2, 0.25) is 0 Å². The molecule has 8 aromatic rings. The third-order valence-electron chi connectivity index (χ3n) is 8.44. The minimum absolute atomic E-state index is 1.12. The van der Waals surface area contributed by atoms with Gasteiger partial charge in [-0.2, -0.15) is 0 Å². The normalized spacial score (nSPS) is 11.2. The summed E-state index contributed by atoms with van der Waals surface area (Å²) >= 11 is 0. The van der Waals surface area contributed by atoms with Crippen molar-refractivity contribution in [2.75, 3.05) is 4.90 Å². The zero-order chi connectivity index (χ0) is 29.3. The third kappa shape index (κ3) is 4.73. The van der Waals surface area contributed by atoms with Crippen molar-refractivity contribution in [1.82, 2.24) is 4.57 Å². The molecule has 0 unspecified atom stereocenters. The molecule has 0 aliphatic heterocycles. The molecule has 2 nitrogen and oxygen atoms in total. The monoisotopic (exact) mass is 562 g/mol. The second-order valence-electron chi connectivity index (χ2n) is 11.1. The molecule has 0 saturated heterocycles. The van der Waals surface area contributed by atoms with Crippen LogP contribution < -0.4 is 4.90 Å². The van der Waals surface area contributed by atoms with Gasteiger partial charge < -0.3 is 9.47 Å². The number of fused-ring (bicyclic) bond motifs is 2. The summed E-state index contributed by atoms with van der Waals surface area (Å²) in [4.78, 5) is 2.32. The number of anilines is 3. The Morgan fingerprint density at radius 2 is 0.909 bits per heavy atom. The highest BCUT2D eigenvalue weighted by molar-refractivity contribution is 5.97. The Morgan fingerprint density at radius 3 is 1.64 bits per heavy atom. The zero-order valence-corrected chi connectivity index (χ0v) is 24.2. The van der Waals surface area contributed by atoms with Crippen molar-refractivity contribution in [2.45, 2.75) is 0 Å². The van der Waals surface area contributed by atoms with Gasteiger partial charge in [0.15, 0.2) is 0 Å². The van der Waals surface area contributed by atoms with Crippen molar-refractivity contribution >= 4 is 38.7 Å². The van der Waals surface area contributed by atoms with Gasteiger partial charge in [-0.25, -0.2) is 0 Å². The maximum absolute atomic E-state index is 2.32. The van der Waals surface area contributed by atoms with E-state index in [0.717, 1.165) is 22.7 Å². The number of hydrogen-bond acceptors (Lipinski definition) is 1. The van der Waals surface area contributed by atoms with Gasteiger partial charge in [-0.1, -0.05) is 115 Å². The average Bonchev–Trinajstić information content (AvgIpc) is 3.54. The Bertz CT molecular complexity index is 2190. The molecule has 0 bridgehead atoms. The fraction of sp³-hybridized carbons (Fsp3) is 0. The van der Waals surface area contributed by atoms with E-state index >= 15 is 0 Å². The standard InChI is InChI=1S/C42H30N2/c1-2-12-37(13-3-1)44(39-27-21-34(22-28-39)41-15-8-11-33-9-4-6-14-40(33)41)38-25-19-32(20-26-38)31-17-23-36(24-18-31)43-30-29-35-10-5-7-16-42(35)43/h1-30H. The molecule has 1 heterocycles. The number of hydrogen-bond donors (Lipinski definition) is 0. The number of nitrogens with zero attached hydrogens (tertiary/aromatic N) is 2. The Labute approximate surface area is 257 Å². The molecule has 0 aliphatic carbocycles. The summed E-state index contributed by atoms with van der Waals surface area (Å²) in [5, 5.41) is 3.78. The molecule has 8 rings (SSSR count). The SMILES string of the molecule is c1ccc(N(c2ccc(-c3ccc(-n4ccc5ccccc54)cc3)cc2)c2ccc(-c3cccc4ccccc34)cc2)cc1. The zero-order valence-electron chi connectivity index (χ0n) is 24.2. The van der Waals surface area contributed by atoms with Gasteiger partial charge in [0.1, 0.15) is 0 Å². The molecule has 0 radical (unpaired) electrons. The van der Waals surface area contributed by atoms with Gasteiger partial charge >= 0.3 is 0 Å². The Morgan fingerprint density at radius 1 is 0.364 bits per heavy atom. The quantitative estimate of drug-likeness (QED) is 0.196. The molecular weight excluding hydrogens is 532 g/mol. The van der Waals surface area contributed by atoms with E-state index in [0.29, 0.717) is 0 Å². The van der Waals surface area contributed by atoms with Crippen LogP contribution in [0.25, 0.3) is 49.6 Å². The maximum Gasteiger partial charge on any atom is 0.0528 e. The van der Waals surface area contributed by atoms with Crippen molar-refractivity contribution in [1.29, 1.82) is 0 Å². The predicted octanol–water partition coefficient (Wildman–Crippen LogP) is 11.6. The second-order valence-corrected chi connectivity index (χ2v) is 11.1. The lowest BCUT2D eigenvalue weighted by molar-refractivity contribution is 1.13. The van der Waals surface area contributed by atoms with Crippen LogP contribution in [-0.2, 0) is 0 Å². The lowest BCUT2D eigenvalue weighted by Gasteiger charge is -2.26. The summed E-state index contributed by atoms with van der Waals surface area (Å²) < 4.78 is 2.24. The van der Waals surface area contributed by atoms with E-state index in [1.165, 1.54) is 43.9 Å². The molecule has 0 fully saturated rings. The highest BCUT2D eigenvalue weighted by atomic mass is 15.1. The Kier molecular flexibility index (Phi) is 6.51. The molecule has 0 amide bonds. The molecular formula is C42H30N2. The molecule has 0 saturated carbocycles. The number of rotatable bonds is 6. The van der Waals surface area contributed by atoms with Crippen LogP contribution in [-0.4, -0.2) is 4.57 Å². The molecule has 0 atom stereocenters. The van der Waals surface area contributed by atoms with E-state index in [2.05, 4.69) is 192 Å². The van der Waals surface area contributed by atoms with Crippen LogP contribution in [0.5, 0.6) is 0 Å². The van der Waals surface area contributed by atoms with Crippen molar-refractivity contribution in [2.24, 2.45) is 0 Å². The molecule has 208 valence electrons. The third-order valence-corrected chi connectivity index (χ3v) is 8.44. The van der Waals surface area contributed by atoms with Gasteiger partial charge in [0.05, 0.1) is 5.52 Å². The highest BCUT2D eigenvalue weighted by Gasteiger charge is 2.13. The van der Waals surface area contributed by atoms with Crippen molar-refractivity contribution in [3.63, 3.8) is 0 Å². The Hall–Kier alpha value is -5.86. The second kappa shape index (κ2) is 11.1. The van der Waals surface area contributed by atoms with Crippen LogP contribution >= 0.6 is 0 Å². The summed E-state index contributed by atoms with van der Waals surface area (Å²) in [7, 11) is 0. The van der Waals surface area contributed by atoms with Crippen molar-refractivity contribution in [3.8, 4) is 27.9 Å². The first kappa shape index (κ1) is 25.8. The van der Waals surface area contributed by atoms with Crippen LogP contribution in [0.1, 0.15) is 0 Å². The van der Waals surface area contributed by atoms with Gasteiger partial charge in [-0.05, 0) is 99.1 Å². The van der Waals surface area contributed by atoms with Crippen LogP contribution in [0.15, 0.2) is 182 Å². The highest BCUT2D eigenvalue weighted by Crippen LogP contribution is 2.37. The van der Waals surface area contributed by atoms with E-state index in [1.807, 2.05) is 0 Å². The van der Waals surface area contributed by atoms with Gasteiger partial charge in [0.25, 0.3) is 0 Å². The van der Waals surface area contributed by atoms with Crippen molar-refractivity contribution in [3.05, 3.63) is 182 Å². The minimum atomic E-state index is 1.12. The smallest absolute Gasteiger partial charge is 0.0528 e. The van der Waals surface area contributed by atoms with Gasteiger partial charge in [-0.3, -0.25) is 0 Å². The first-order chi connectivity index (χ1) is 21.8. The van der Waals surface area contributed by atoms with Crippen LogP contribution in [0.3, 0.4) is 0 Å². The minimum Gasteiger partial charge on any atom is -0.317 e. The van der Waals surface area contributed by atoms with Crippen molar-refractivity contribution < 1.29 is 0 Å². The van der Waals surface area contributed by atoms with Crippen LogP contribution in [0.4, 0.5) is 17.1 Å². The molecule has 2 heteroatoms. The van der Waals surface area contributed by atoms with Crippen LogP contribution in [0, 0.1) is 0 Å². The fourth-order valence-electron chi connectivity index (χ4n) is 6.22. The van der Waals surface area contributed by atoms with E-state index in [4.69, 9.17) is 0 Å². The average molecular weight is 563 g/mol. The predicted molar refractivity (Wildman–Crippen MR) is 186 cm³/mol. The fourth-order valence-corrected chi connectivity index (χ4v) is 6.22. The van der Waals surface area contributed by atoms with E-state index in [9.17, 15) is 0 Å². The topological polar surface area (TPSA) is 8.17 Å². The summed E-state index contributed by atoms with van der Waals surface area (Å²) in [6, 6.07) is 62.9. The molecule has 1 aromatic heterocycles. The molecule has 0 spiro atoms. The first-order valence-electron chi connectivity index (χ1n) is 15.0. The van der Waals surface area contributed by atoms with E-state index in [1.54, 1.807) is 0 Å². The van der Waals surface area contributed by atoms with Gasteiger partial charge in [-0.15, -0.1) is 0 Å². The molecule has 0 N–H and O–H groups in total. The summed E-state index contributed by atoms with van der Waals surface area (Å²) in [5.74, 6) is 0. The summed E-state index contributed by atoms with van der Waals surface area (Å²) in [5.41, 5.74) is 10.6. The first-order valence-corrected chi connectivity index (χ1v) is 15.0. The number of aromatic nitrogens is 1. The number of benzene rings is 7. The molecule has 0 aliphatic rings. The lowest BCUT2D eigenvalue weighted by Crippen LogP contribution is -2.09. The molecule has 44 heavy (non-hydrogen) atoms. The summed E-state index contributed by atoms with van der Waals surface area (Å²) in [6.07, 6.45) is 2.14. The van der Waals surface area contributed by atoms with E-state index < -0.39 is 0 Å². The maximum atomic E-state index is 2.32. The number of para-hydroxylation sites is 2. The largest absolute Gasteiger partial charge is 0.317 e. The van der Waals surface area contributed by atoms with Crippen LogP contribution in [0.2, 0.25) is 0 Å². The van der Waals surface area contributed by atoms with Gasteiger partial charge in [0, 0.05) is 28.9 Å². The summed E-state index contributed by atoms with van der Waals surface area (Å²) in [6.45, 7) is 0. The molecule has 7 aromatic carbocycles.